The predicted octanol–water partition coefficient (Wildman–Crippen LogP) is 1.67. The Morgan fingerprint density at radius 2 is 1.75 bits per heavy atom. The molecule has 1 aromatic heterocycles. The van der Waals surface area contributed by atoms with E-state index in [2.05, 4.69) is 16.0 Å². The molecule has 0 aliphatic carbocycles. The summed E-state index contributed by atoms with van der Waals surface area (Å²) in [7, 11) is 0. The number of rotatable bonds is 5. The van der Waals surface area contributed by atoms with Crippen LogP contribution in [0.2, 0.25) is 0 Å². The summed E-state index contributed by atoms with van der Waals surface area (Å²) in [6.07, 6.45) is 0.852. The Labute approximate surface area is 159 Å². The van der Waals surface area contributed by atoms with E-state index in [1.807, 2.05) is 19.1 Å². The smallest absolute Gasteiger partial charge is 0.388 e. The van der Waals surface area contributed by atoms with E-state index in [1.54, 1.807) is 12.1 Å². The number of halogens is 1. The van der Waals surface area contributed by atoms with Gasteiger partial charge in [-0.05, 0) is 48.4 Å². The van der Waals surface area contributed by atoms with Crippen LogP contribution in [-0.4, -0.2) is 21.6 Å². The van der Waals surface area contributed by atoms with Crippen molar-refractivity contribution in [2.75, 3.05) is 0 Å². The molecule has 9 heteroatoms. The number of nitrogens with one attached hydrogen (secondary N) is 2. The number of hydrogen-bond donors (Lipinski definition) is 2. The molecule has 0 unspecified atom stereocenters. The topological polar surface area (TPSA) is 106 Å². The first-order valence-electron chi connectivity index (χ1n) is 8.48. The second kappa shape index (κ2) is 8.30. The highest BCUT2D eigenvalue weighted by Gasteiger charge is 2.14. The number of amides is 2. The minimum Gasteiger partial charge on any atom is -0.388 e. The summed E-state index contributed by atoms with van der Waals surface area (Å²) in [5, 5.41) is 3.90. The number of aromatic nitrogens is 2. The number of hydrazine groups is 1. The van der Waals surface area contributed by atoms with E-state index in [9.17, 15) is 18.8 Å². The van der Waals surface area contributed by atoms with E-state index < -0.39 is 29.9 Å². The molecule has 3 rings (SSSR count). The Morgan fingerprint density at radius 1 is 1.07 bits per heavy atom. The van der Waals surface area contributed by atoms with Gasteiger partial charge in [0.2, 0.25) is 5.89 Å². The SMILES string of the molecule is CCc1ccc(C(=O)NNC(=O)Cn2nc(-c3ccc(F)cc3)oc2=O)cc1. The van der Waals surface area contributed by atoms with Crippen molar-refractivity contribution in [1.29, 1.82) is 0 Å². The molecular formula is C19H17FN4O4. The highest BCUT2D eigenvalue weighted by atomic mass is 19.1. The number of aryl methyl sites for hydroxylation is 1. The van der Waals surface area contributed by atoms with Crippen molar-refractivity contribution in [1.82, 2.24) is 20.6 Å². The fourth-order valence-corrected chi connectivity index (χ4v) is 2.38. The molecule has 0 atom stereocenters. The third-order valence-electron chi connectivity index (χ3n) is 3.93. The van der Waals surface area contributed by atoms with Crippen LogP contribution in [0.1, 0.15) is 22.8 Å². The summed E-state index contributed by atoms with van der Waals surface area (Å²) in [5.41, 5.74) is 6.34. The van der Waals surface area contributed by atoms with Crippen molar-refractivity contribution in [3.63, 3.8) is 0 Å². The summed E-state index contributed by atoms with van der Waals surface area (Å²) < 4.78 is 18.7. The lowest BCUT2D eigenvalue weighted by molar-refractivity contribution is -0.122. The van der Waals surface area contributed by atoms with E-state index in [0.29, 0.717) is 11.1 Å². The van der Waals surface area contributed by atoms with Gasteiger partial charge in [0.15, 0.2) is 0 Å². The van der Waals surface area contributed by atoms with Crippen LogP contribution in [0.5, 0.6) is 0 Å². The molecule has 3 aromatic rings. The van der Waals surface area contributed by atoms with E-state index in [4.69, 9.17) is 4.42 Å². The van der Waals surface area contributed by atoms with Gasteiger partial charge in [-0.1, -0.05) is 19.1 Å². The first kappa shape index (κ1) is 19.0. The van der Waals surface area contributed by atoms with E-state index in [-0.39, 0.29) is 5.89 Å². The summed E-state index contributed by atoms with van der Waals surface area (Å²) in [6, 6.07) is 12.1. The van der Waals surface area contributed by atoms with Crippen molar-refractivity contribution in [2.24, 2.45) is 0 Å². The number of nitrogens with zero attached hydrogens (tertiary/aromatic N) is 2. The fourth-order valence-electron chi connectivity index (χ4n) is 2.38. The maximum atomic E-state index is 13.0. The van der Waals surface area contributed by atoms with Crippen LogP contribution in [0.3, 0.4) is 0 Å². The fraction of sp³-hybridized carbons (Fsp3) is 0.158. The zero-order valence-electron chi connectivity index (χ0n) is 14.9. The van der Waals surface area contributed by atoms with Crippen LogP contribution < -0.4 is 16.6 Å². The average molecular weight is 384 g/mol. The maximum absolute atomic E-state index is 13.0. The zero-order valence-corrected chi connectivity index (χ0v) is 14.9. The Kier molecular flexibility index (Phi) is 5.64. The monoisotopic (exact) mass is 384 g/mol. The quantitative estimate of drug-likeness (QED) is 0.651. The van der Waals surface area contributed by atoms with E-state index >= 15 is 0 Å². The Balaban J connectivity index is 1.59. The lowest BCUT2D eigenvalue weighted by atomic mass is 10.1. The minimum absolute atomic E-state index is 0.0437. The molecule has 144 valence electrons. The van der Waals surface area contributed by atoms with Crippen LogP contribution in [0, 0.1) is 5.82 Å². The van der Waals surface area contributed by atoms with E-state index in [0.717, 1.165) is 16.7 Å². The summed E-state index contributed by atoms with van der Waals surface area (Å²) in [5.74, 6) is -2.49. The normalized spacial score (nSPS) is 10.5. The van der Waals surface area contributed by atoms with Gasteiger partial charge in [0.05, 0.1) is 0 Å². The summed E-state index contributed by atoms with van der Waals surface area (Å²) >= 11 is 0. The molecule has 0 spiro atoms. The first-order valence-corrected chi connectivity index (χ1v) is 8.48. The molecule has 0 bridgehead atoms. The highest BCUT2D eigenvalue weighted by molar-refractivity contribution is 5.95. The first-order chi connectivity index (χ1) is 13.5. The molecule has 2 aromatic carbocycles. The molecule has 1 heterocycles. The van der Waals surface area contributed by atoms with Gasteiger partial charge in [-0.2, -0.15) is 4.68 Å². The highest BCUT2D eigenvalue weighted by Crippen LogP contribution is 2.15. The molecule has 2 N–H and O–H groups in total. The maximum Gasteiger partial charge on any atom is 0.437 e. The van der Waals surface area contributed by atoms with Gasteiger partial charge in [0.25, 0.3) is 11.8 Å². The number of hydrogen-bond acceptors (Lipinski definition) is 5. The van der Waals surface area contributed by atoms with Crippen LogP contribution in [0.25, 0.3) is 11.5 Å². The Hall–Kier alpha value is -3.75. The number of carbonyl (C=O) groups excluding carboxylic acids is 2. The third-order valence-corrected chi connectivity index (χ3v) is 3.93. The van der Waals surface area contributed by atoms with Crippen molar-refractivity contribution in [2.45, 2.75) is 19.9 Å². The van der Waals surface area contributed by atoms with Gasteiger partial charge in [0, 0.05) is 11.1 Å². The standard InChI is InChI=1S/C19H17FN4O4/c1-2-12-3-5-13(6-4-12)17(26)22-21-16(25)11-24-19(27)28-18(23-24)14-7-9-15(20)10-8-14/h3-10H,2,11H2,1H3,(H,21,25)(H,22,26). The second-order valence-corrected chi connectivity index (χ2v) is 5.89. The third kappa shape index (κ3) is 4.50. The molecule has 28 heavy (non-hydrogen) atoms. The van der Waals surface area contributed by atoms with Gasteiger partial charge < -0.3 is 4.42 Å². The predicted molar refractivity (Wildman–Crippen MR) is 97.6 cm³/mol. The number of benzene rings is 2. The molecular weight excluding hydrogens is 367 g/mol. The molecule has 0 radical (unpaired) electrons. The van der Waals surface area contributed by atoms with Crippen molar-refractivity contribution >= 4 is 11.8 Å². The van der Waals surface area contributed by atoms with Crippen LogP contribution in [-0.2, 0) is 17.8 Å². The van der Waals surface area contributed by atoms with Gasteiger partial charge in [-0.3, -0.25) is 20.4 Å². The van der Waals surface area contributed by atoms with Gasteiger partial charge in [-0.15, -0.1) is 5.10 Å². The van der Waals surface area contributed by atoms with Gasteiger partial charge >= 0.3 is 5.76 Å². The van der Waals surface area contributed by atoms with Gasteiger partial charge in [-0.25, -0.2) is 9.18 Å². The molecule has 0 fully saturated rings. The molecule has 0 saturated carbocycles. The lowest BCUT2D eigenvalue weighted by Gasteiger charge is -2.07. The van der Waals surface area contributed by atoms with Crippen molar-refractivity contribution in [3.05, 3.63) is 76.0 Å². The van der Waals surface area contributed by atoms with Crippen molar-refractivity contribution < 1.29 is 18.4 Å². The Bertz CT molecular complexity index is 1040. The minimum atomic E-state index is -0.851. The molecule has 2 amide bonds. The van der Waals surface area contributed by atoms with Crippen molar-refractivity contribution in [3.8, 4) is 11.5 Å². The van der Waals surface area contributed by atoms with E-state index in [1.165, 1.54) is 24.3 Å². The summed E-state index contributed by atoms with van der Waals surface area (Å²) in [4.78, 5) is 35.8. The molecule has 8 nitrogen and oxygen atoms in total. The Morgan fingerprint density at radius 3 is 2.39 bits per heavy atom. The average Bonchev–Trinajstić information content (AvgIpc) is 3.07. The molecule has 0 aliphatic rings. The largest absolute Gasteiger partial charge is 0.437 e. The van der Waals surface area contributed by atoms with Crippen LogP contribution in [0.15, 0.2) is 57.7 Å². The molecule has 0 saturated heterocycles. The number of carbonyl (C=O) groups is 2. The van der Waals surface area contributed by atoms with Crippen LogP contribution in [0.4, 0.5) is 4.39 Å². The molecule has 0 aliphatic heterocycles. The lowest BCUT2D eigenvalue weighted by Crippen LogP contribution is -2.44. The summed E-state index contributed by atoms with van der Waals surface area (Å²) in [6.45, 7) is 1.54. The zero-order chi connectivity index (χ0) is 20.1. The van der Waals surface area contributed by atoms with Crippen LogP contribution >= 0.6 is 0 Å². The van der Waals surface area contributed by atoms with Gasteiger partial charge in [0.1, 0.15) is 12.4 Å². The second-order valence-electron chi connectivity index (χ2n) is 5.89.